The zero-order valence-electron chi connectivity index (χ0n) is 16.7. The minimum atomic E-state index is -0.0431. The van der Waals surface area contributed by atoms with Crippen molar-refractivity contribution >= 4 is 22.4 Å². The Morgan fingerprint density at radius 3 is 2.45 bits per heavy atom. The molecule has 0 bridgehead atoms. The molecule has 1 amide bonds. The quantitative estimate of drug-likeness (QED) is 0.566. The van der Waals surface area contributed by atoms with Crippen LogP contribution in [0.5, 0.6) is 17.2 Å². The Morgan fingerprint density at radius 1 is 1.00 bits per heavy atom. The second-order valence-corrected chi connectivity index (χ2v) is 7.45. The van der Waals surface area contributed by atoms with Crippen molar-refractivity contribution in [3.05, 3.63) is 64.7 Å². The minimum Gasteiger partial charge on any atom is -0.493 e. The fraction of sp³-hybridized carbons (Fsp3) is 0.273. The van der Waals surface area contributed by atoms with Gasteiger partial charge in [0.15, 0.2) is 16.6 Å². The van der Waals surface area contributed by atoms with Gasteiger partial charge in [0.05, 0.1) is 21.3 Å². The van der Waals surface area contributed by atoms with E-state index in [2.05, 4.69) is 10.3 Å². The van der Waals surface area contributed by atoms with Crippen molar-refractivity contribution in [2.45, 2.75) is 19.3 Å². The summed E-state index contributed by atoms with van der Waals surface area (Å²) >= 11 is 1.45. The number of nitrogens with one attached hydrogen (secondary N) is 1. The van der Waals surface area contributed by atoms with Crippen LogP contribution < -0.4 is 19.5 Å². The molecule has 0 saturated heterocycles. The van der Waals surface area contributed by atoms with Crippen LogP contribution in [0.3, 0.4) is 0 Å². The average molecular weight is 413 g/mol. The van der Waals surface area contributed by atoms with Gasteiger partial charge in [0.25, 0.3) is 0 Å². The molecule has 1 aromatic heterocycles. The summed E-state index contributed by atoms with van der Waals surface area (Å²) in [4.78, 5) is 17.6. The fourth-order valence-corrected chi connectivity index (χ4v) is 3.87. The Hall–Kier alpha value is -3.06. The van der Waals surface area contributed by atoms with Crippen LogP contribution in [0.25, 0.3) is 0 Å². The number of carbonyl (C=O) groups excluding carboxylic acids is 1. The number of hydrogen-bond donors (Lipinski definition) is 1. The summed E-state index contributed by atoms with van der Waals surface area (Å²) in [6.45, 7) is 0. The van der Waals surface area contributed by atoms with Gasteiger partial charge in [0.1, 0.15) is 0 Å². The van der Waals surface area contributed by atoms with Crippen molar-refractivity contribution < 1.29 is 19.0 Å². The lowest BCUT2D eigenvalue weighted by molar-refractivity contribution is -0.116. The molecule has 7 heteroatoms. The molecule has 0 spiro atoms. The van der Waals surface area contributed by atoms with Crippen LogP contribution in [-0.4, -0.2) is 32.2 Å². The monoisotopic (exact) mass is 412 g/mol. The predicted octanol–water partition coefficient (Wildman–Crippen LogP) is 4.33. The van der Waals surface area contributed by atoms with Gasteiger partial charge in [-0.05, 0) is 18.1 Å². The molecule has 1 heterocycles. The maximum absolute atomic E-state index is 12.2. The SMILES string of the molecule is COc1ccc(Cc2cnc(NC(=O)CCc3ccccc3)s2)c(OC)c1OC. The van der Waals surface area contributed by atoms with Crippen LogP contribution >= 0.6 is 11.3 Å². The molecule has 1 N–H and O–H groups in total. The number of rotatable bonds is 9. The Kier molecular flexibility index (Phi) is 7.08. The van der Waals surface area contributed by atoms with Gasteiger partial charge in [-0.2, -0.15) is 0 Å². The summed E-state index contributed by atoms with van der Waals surface area (Å²) in [7, 11) is 4.78. The summed E-state index contributed by atoms with van der Waals surface area (Å²) in [5, 5.41) is 3.48. The number of hydrogen-bond acceptors (Lipinski definition) is 6. The lowest BCUT2D eigenvalue weighted by Gasteiger charge is -2.15. The first kappa shape index (κ1) is 20.7. The molecule has 0 radical (unpaired) electrons. The summed E-state index contributed by atoms with van der Waals surface area (Å²) in [6.07, 6.45) is 3.50. The van der Waals surface area contributed by atoms with Crippen LogP contribution in [0, 0.1) is 0 Å². The van der Waals surface area contributed by atoms with Crippen LogP contribution in [-0.2, 0) is 17.6 Å². The molecule has 2 aromatic carbocycles. The Morgan fingerprint density at radius 2 is 1.76 bits per heavy atom. The van der Waals surface area contributed by atoms with Crippen LogP contribution in [0.4, 0.5) is 5.13 Å². The Labute approximate surface area is 174 Å². The first-order valence-corrected chi connectivity index (χ1v) is 10.0. The van der Waals surface area contributed by atoms with Crippen molar-refractivity contribution in [3.8, 4) is 17.2 Å². The first-order valence-electron chi connectivity index (χ1n) is 9.21. The number of carbonyl (C=O) groups is 1. The lowest BCUT2D eigenvalue weighted by Crippen LogP contribution is -2.11. The topological polar surface area (TPSA) is 69.7 Å². The fourth-order valence-electron chi connectivity index (χ4n) is 3.02. The number of aryl methyl sites for hydroxylation is 1. The maximum atomic E-state index is 12.2. The molecular weight excluding hydrogens is 388 g/mol. The zero-order chi connectivity index (χ0) is 20.6. The third-order valence-corrected chi connectivity index (χ3v) is 5.35. The zero-order valence-corrected chi connectivity index (χ0v) is 17.5. The highest BCUT2D eigenvalue weighted by Crippen LogP contribution is 2.41. The summed E-state index contributed by atoms with van der Waals surface area (Å²) in [5.74, 6) is 1.77. The average Bonchev–Trinajstić information content (AvgIpc) is 3.19. The third-order valence-electron chi connectivity index (χ3n) is 4.43. The number of nitrogens with zero attached hydrogens (tertiary/aromatic N) is 1. The van der Waals surface area contributed by atoms with Gasteiger partial charge in [0, 0.05) is 29.5 Å². The highest BCUT2D eigenvalue weighted by molar-refractivity contribution is 7.15. The number of ether oxygens (including phenoxy) is 3. The van der Waals surface area contributed by atoms with Gasteiger partial charge >= 0.3 is 0 Å². The largest absolute Gasteiger partial charge is 0.493 e. The van der Waals surface area contributed by atoms with Gasteiger partial charge in [-0.25, -0.2) is 4.98 Å². The molecule has 152 valence electrons. The summed E-state index contributed by atoms with van der Waals surface area (Å²) in [6, 6.07) is 13.7. The molecule has 0 atom stereocenters. The Balaban J connectivity index is 1.64. The molecule has 0 unspecified atom stereocenters. The van der Waals surface area contributed by atoms with E-state index in [-0.39, 0.29) is 5.91 Å². The second-order valence-electron chi connectivity index (χ2n) is 6.34. The first-order chi connectivity index (χ1) is 14.1. The number of anilines is 1. The molecule has 0 aliphatic rings. The number of amides is 1. The van der Waals surface area contributed by atoms with Crippen molar-refractivity contribution in [3.63, 3.8) is 0 Å². The second kappa shape index (κ2) is 9.93. The van der Waals surface area contributed by atoms with E-state index in [1.807, 2.05) is 42.5 Å². The number of benzene rings is 2. The van der Waals surface area contributed by atoms with Gasteiger partial charge in [0.2, 0.25) is 11.7 Å². The van der Waals surface area contributed by atoms with Crippen molar-refractivity contribution in [1.29, 1.82) is 0 Å². The molecule has 6 nitrogen and oxygen atoms in total. The number of aromatic nitrogens is 1. The molecule has 0 saturated carbocycles. The van der Waals surface area contributed by atoms with E-state index >= 15 is 0 Å². The molecular formula is C22H24N2O4S. The van der Waals surface area contributed by atoms with Gasteiger partial charge in [-0.3, -0.25) is 4.79 Å². The van der Waals surface area contributed by atoms with E-state index in [1.165, 1.54) is 11.3 Å². The van der Waals surface area contributed by atoms with E-state index in [9.17, 15) is 4.79 Å². The molecule has 3 rings (SSSR count). The van der Waals surface area contributed by atoms with E-state index in [0.717, 1.165) is 16.0 Å². The Bertz CT molecular complexity index is 957. The third kappa shape index (κ3) is 5.26. The van der Waals surface area contributed by atoms with Crippen molar-refractivity contribution in [1.82, 2.24) is 4.98 Å². The molecule has 3 aromatic rings. The van der Waals surface area contributed by atoms with Crippen LogP contribution in [0.2, 0.25) is 0 Å². The van der Waals surface area contributed by atoms with Gasteiger partial charge < -0.3 is 19.5 Å². The van der Waals surface area contributed by atoms with E-state index in [1.54, 1.807) is 27.5 Å². The van der Waals surface area contributed by atoms with E-state index < -0.39 is 0 Å². The van der Waals surface area contributed by atoms with E-state index in [0.29, 0.717) is 41.6 Å². The van der Waals surface area contributed by atoms with Gasteiger partial charge in [-0.15, -0.1) is 11.3 Å². The summed E-state index contributed by atoms with van der Waals surface area (Å²) < 4.78 is 16.3. The van der Waals surface area contributed by atoms with Gasteiger partial charge in [-0.1, -0.05) is 36.4 Å². The van der Waals surface area contributed by atoms with Crippen LogP contribution in [0.1, 0.15) is 22.4 Å². The standard InChI is InChI=1S/C22H24N2O4S/c1-26-18-11-10-16(20(27-2)21(18)28-3)13-17-14-23-22(29-17)24-19(25)12-9-15-7-5-4-6-8-15/h4-8,10-11,14H,9,12-13H2,1-3H3,(H,23,24,25). The molecule has 0 aliphatic carbocycles. The molecule has 0 fully saturated rings. The van der Waals surface area contributed by atoms with E-state index in [4.69, 9.17) is 14.2 Å². The van der Waals surface area contributed by atoms with Crippen molar-refractivity contribution in [2.24, 2.45) is 0 Å². The molecule has 0 aliphatic heterocycles. The van der Waals surface area contributed by atoms with Crippen LogP contribution in [0.15, 0.2) is 48.7 Å². The maximum Gasteiger partial charge on any atom is 0.226 e. The lowest BCUT2D eigenvalue weighted by atomic mass is 10.1. The minimum absolute atomic E-state index is 0.0431. The summed E-state index contributed by atoms with van der Waals surface area (Å²) in [5.41, 5.74) is 2.10. The highest BCUT2D eigenvalue weighted by Gasteiger charge is 2.17. The number of thiazole rings is 1. The van der Waals surface area contributed by atoms with Crippen molar-refractivity contribution in [2.75, 3.05) is 26.6 Å². The highest BCUT2D eigenvalue weighted by atomic mass is 32.1. The predicted molar refractivity (Wildman–Crippen MR) is 114 cm³/mol. The molecule has 29 heavy (non-hydrogen) atoms. The normalized spacial score (nSPS) is 10.4. The smallest absolute Gasteiger partial charge is 0.226 e. The number of methoxy groups -OCH3 is 3.